The van der Waals surface area contributed by atoms with E-state index in [1.807, 2.05) is 0 Å². The molecule has 4 nitrogen and oxygen atoms in total. The molecule has 1 amide bonds. The van der Waals surface area contributed by atoms with E-state index in [9.17, 15) is 4.79 Å². The van der Waals surface area contributed by atoms with Crippen LogP contribution in [0.25, 0.3) is 0 Å². The van der Waals surface area contributed by atoms with Crippen LogP contribution in [-0.4, -0.2) is 37.7 Å². The van der Waals surface area contributed by atoms with Crippen molar-refractivity contribution in [3.63, 3.8) is 0 Å². The van der Waals surface area contributed by atoms with Crippen molar-refractivity contribution in [2.75, 3.05) is 19.7 Å². The van der Waals surface area contributed by atoms with Crippen molar-refractivity contribution in [3.8, 4) is 0 Å². The highest BCUT2D eigenvalue weighted by molar-refractivity contribution is 5.85. The molecule has 2 heterocycles. The summed E-state index contributed by atoms with van der Waals surface area (Å²) in [7, 11) is 0. The third-order valence-electron chi connectivity index (χ3n) is 3.84. The van der Waals surface area contributed by atoms with Gasteiger partial charge in [-0.05, 0) is 31.7 Å². The normalized spacial score (nSPS) is 31.4. The highest BCUT2D eigenvalue weighted by atomic mass is 35.5. The Morgan fingerprint density at radius 2 is 2.22 bits per heavy atom. The van der Waals surface area contributed by atoms with Crippen molar-refractivity contribution >= 4 is 18.3 Å². The minimum Gasteiger partial charge on any atom is -0.378 e. The predicted octanol–water partition coefficient (Wildman–Crippen LogP) is 1.34. The summed E-state index contributed by atoms with van der Waals surface area (Å²) in [5.41, 5.74) is 0. The van der Waals surface area contributed by atoms with Crippen molar-refractivity contribution in [1.29, 1.82) is 0 Å². The Bertz CT molecular complexity index is 268. The van der Waals surface area contributed by atoms with E-state index < -0.39 is 0 Å². The van der Waals surface area contributed by atoms with Crippen LogP contribution in [0.1, 0.15) is 33.1 Å². The second-order valence-electron chi connectivity index (χ2n) is 5.52. The number of nitrogens with one attached hydrogen (secondary N) is 2. The Labute approximate surface area is 116 Å². The molecule has 106 valence electrons. The average molecular weight is 277 g/mol. The highest BCUT2D eigenvalue weighted by Crippen LogP contribution is 2.26. The van der Waals surface area contributed by atoms with Gasteiger partial charge < -0.3 is 15.4 Å². The minimum absolute atomic E-state index is 0. The zero-order valence-electron chi connectivity index (χ0n) is 11.3. The SMILES string of the molecule is CC(C)C1OCCC1CNC(=O)C1CCCN1.Cl. The van der Waals surface area contributed by atoms with Gasteiger partial charge in [0.2, 0.25) is 5.91 Å². The smallest absolute Gasteiger partial charge is 0.237 e. The molecule has 0 bridgehead atoms. The monoisotopic (exact) mass is 276 g/mol. The summed E-state index contributed by atoms with van der Waals surface area (Å²) in [5.74, 6) is 1.18. The summed E-state index contributed by atoms with van der Waals surface area (Å²) in [4.78, 5) is 11.9. The van der Waals surface area contributed by atoms with E-state index in [0.29, 0.717) is 17.9 Å². The molecule has 2 N–H and O–H groups in total. The van der Waals surface area contributed by atoms with Crippen LogP contribution in [0.2, 0.25) is 0 Å². The van der Waals surface area contributed by atoms with Gasteiger partial charge in [-0.15, -0.1) is 12.4 Å². The van der Waals surface area contributed by atoms with Crippen LogP contribution >= 0.6 is 12.4 Å². The first kappa shape index (κ1) is 15.7. The summed E-state index contributed by atoms with van der Waals surface area (Å²) in [6.07, 6.45) is 3.47. The quantitative estimate of drug-likeness (QED) is 0.815. The Hall–Kier alpha value is -0.320. The molecule has 0 spiro atoms. The summed E-state index contributed by atoms with van der Waals surface area (Å²) in [6.45, 7) is 6.94. The molecule has 0 aliphatic carbocycles. The van der Waals surface area contributed by atoms with Gasteiger partial charge in [0.05, 0.1) is 12.1 Å². The lowest BCUT2D eigenvalue weighted by molar-refractivity contribution is -0.123. The lowest BCUT2D eigenvalue weighted by Gasteiger charge is -2.22. The Kier molecular flexibility index (Phi) is 6.39. The molecule has 2 rings (SSSR count). The lowest BCUT2D eigenvalue weighted by Crippen LogP contribution is -2.43. The van der Waals surface area contributed by atoms with Crippen molar-refractivity contribution in [1.82, 2.24) is 10.6 Å². The molecule has 0 aromatic carbocycles. The summed E-state index contributed by atoms with van der Waals surface area (Å²) in [5, 5.41) is 6.29. The minimum atomic E-state index is 0. The largest absolute Gasteiger partial charge is 0.378 e. The number of carbonyl (C=O) groups excluding carboxylic acids is 1. The fourth-order valence-corrected chi connectivity index (χ4v) is 2.87. The molecule has 2 saturated heterocycles. The van der Waals surface area contributed by atoms with Crippen LogP contribution in [0.5, 0.6) is 0 Å². The van der Waals surface area contributed by atoms with Crippen molar-refractivity contribution in [2.45, 2.75) is 45.3 Å². The highest BCUT2D eigenvalue weighted by Gasteiger charge is 2.31. The van der Waals surface area contributed by atoms with Gasteiger partial charge in [-0.2, -0.15) is 0 Å². The van der Waals surface area contributed by atoms with Gasteiger partial charge in [-0.3, -0.25) is 4.79 Å². The van der Waals surface area contributed by atoms with Gasteiger partial charge in [0.15, 0.2) is 0 Å². The standard InChI is InChI=1S/C13H24N2O2.ClH/c1-9(2)12-10(5-7-17-12)8-15-13(16)11-4-3-6-14-11;/h9-12,14H,3-8H2,1-2H3,(H,15,16);1H. The first-order valence-corrected chi connectivity index (χ1v) is 6.81. The number of hydrogen-bond donors (Lipinski definition) is 2. The summed E-state index contributed by atoms with van der Waals surface area (Å²) < 4.78 is 5.72. The van der Waals surface area contributed by atoms with E-state index in [2.05, 4.69) is 24.5 Å². The molecule has 2 aliphatic heterocycles. The van der Waals surface area contributed by atoms with Crippen molar-refractivity contribution in [3.05, 3.63) is 0 Å². The van der Waals surface area contributed by atoms with Crippen molar-refractivity contribution in [2.24, 2.45) is 11.8 Å². The molecule has 0 radical (unpaired) electrons. The number of hydrogen-bond acceptors (Lipinski definition) is 3. The van der Waals surface area contributed by atoms with Crippen LogP contribution < -0.4 is 10.6 Å². The van der Waals surface area contributed by atoms with E-state index in [0.717, 1.165) is 39.0 Å². The molecule has 2 aliphatic rings. The molecule has 3 atom stereocenters. The van der Waals surface area contributed by atoms with Gasteiger partial charge in [-0.25, -0.2) is 0 Å². The molecule has 18 heavy (non-hydrogen) atoms. The first-order chi connectivity index (χ1) is 8.18. The number of ether oxygens (including phenoxy) is 1. The molecule has 0 aromatic rings. The van der Waals surface area contributed by atoms with Crippen LogP contribution in [0, 0.1) is 11.8 Å². The van der Waals surface area contributed by atoms with Crippen LogP contribution in [0.3, 0.4) is 0 Å². The molecular formula is C13H25ClN2O2. The predicted molar refractivity (Wildman–Crippen MR) is 74.0 cm³/mol. The maximum Gasteiger partial charge on any atom is 0.237 e. The van der Waals surface area contributed by atoms with Crippen LogP contribution in [0.4, 0.5) is 0 Å². The van der Waals surface area contributed by atoms with Gasteiger partial charge in [-0.1, -0.05) is 13.8 Å². The van der Waals surface area contributed by atoms with E-state index in [-0.39, 0.29) is 24.4 Å². The zero-order valence-corrected chi connectivity index (χ0v) is 12.1. The first-order valence-electron chi connectivity index (χ1n) is 6.81. The van der Waals surface area contributed by atoms with E-state index in [1.165, 1.54) is 0 Å². The maximum atomic E-state index is 11.9. The van der Waals surface area contributed by atoms with E-state index >= 15 is 0 Å². The number of halogens is 1. The lowest BCUT2D eigenvalue weighted by atomic mass is 9.93. The van der Waals surface area contributed by atoms with Crippen molar-refractivity contribution < 1.29 is 9.53 Å². The Morgan fingerprint density at radius 1 is 1.44 bits per heavy atom. The second kappa shape index (κ2) is 7.31. The van der Waals surface area contributed by atoms with Gasteiger partial charge in [0.1, 0.15) is 0 Å². The summed E-state index contributed by atoms with van der Waals surface area (Å²) in [6, 6.07) is 0.0369. The number of carbonyl (C=O) groups is 1. The molecule has 5 heteroatoms. The molecule has 0 aromatic heterocycles. The topological polar surface area (TPSA) is 50.4 Å². The van der Waals surface area contributed by atoms with E-state index in [1.54, 1.807) is 0 Å². The zero-order chi connectivity index (χ0) is 12.3. The van der Waals surface area contributed by atoms with Gasteiger partial charge >= 0.3 is 0 Å². The average Bonchev–Trinajstić information content (AvgIpc) is 2.96. The van der Waals surface area contributed by atoms with E-state index in [4.69, 9.17) is 4.74 Å². The van der Waals surface area contributed by atoms with Gasteiger partial charge in [0.25, 0.3) is 0 Å². The molecular weight excluding hydrogens is 252 g/mol. The number of amides is 1. The van der Waals surface area contributed by atoms with Crippen LogP contribution in [0.15, 0.2) is 0 Å². The maximum absolute atomic E-state index is 11.9. The molecule has 2 fully saturated rings. The number of rotatable bonds is 4. The van der Waals surface area contributed by atoms with Gasteiger partial charge in [0, 0.05) is 19.1 Å². The Balaban J connectivity index is 0.00000162. The fraction of sp³-hybridized carbons (Fsp3) is 0.923. The molecule has 0 saturated carbocycles. The molecule has 3 unspecified atom stereocenters. The van der Waals surface area contributed by atoms with Crippen LogP contribution in [-0.2, 0) is 9.53 Å². The second-order valence-corrected chi connectivity index (χ2v) is 5.52. The summed E-state index contributed by atoms with van der Waals surface area (Å²) >= 11 is 0. The Morgan fingerprint density at radius 3 is 2.83 bits per heavy atom. The third-order valence-corrected chi connectivity index (χ3v) is 3.84. The fourth-order valence-electron chi connectivity index (χ4n) is 2.87. The third kappa shape index (κ3) is 3.84.